The molecule has 0 aromatic carbocycles. The third-order valence-corrected chi connectivity index (χ3v) is 5.92. The molecule has 0 radical (unpaired) electrons. The molecule has 2 aliphatic carbocycles. The van der Waals surface area contributed by atoms with Crippen molar-refractivity contribution in [2.24, 2.45) is 5.92 Å². The first-order chi connectivity index (χ1) is 13.3. The van der Waals surface area contributed by atoms with E-state index in [0.29, 0.717) is 18.6 Å². The van der Waals surface area contributed by atoms with Crippen molar-refractivity contribution in [3.63, 3.8) is 0 Å². The molecule has 1 heterocycles. The van der Waals surface area contributed by atoms with Crippen LogP contribution in [-0.4, -0.2) is 47.0 Å². The molecule has 3 rings (SSSR count). The standard InChI is InChI=1S/C21H36N4O2/c1-2-15-27-20-10-9-17(16-19(20)24-18-7-3-4-8-18)21(26)22-11-5-13-25-14-6-12-23-25/h6,12,14,17-20,24H,2-5,7-11,13,15-16H2,1H3,(H,22,26)/t17-,19+,20+/m0/s1. The highest BCUT2D eigenvalue weighted by atomic mass is 16.5. The number of nitrogens with one attached hydrogen (secondary N) is 2. The Hall–Kier alpha value is -1.40. The summed E-state index contributed by atoms with van der Waals surface area (Å²) in [5.74, 6) is 0.317. The van der Waals surface area contributed by atoms with Gasteiger partial charge in [0.05, 0.1) is 6.10 Å². The lowest BCUT2D eigenvalue weighted by Gasteiger charge is -2.37. The predicted octanol–water partition coefficient (Wildman–Crippen LogP) is 2.89. The average molecular weight is 377 g/mol. The van der Waals surface area contributed by atoms with Crippen LogP contribution in [-0.2, 0) is 16.1 Å². The van der Waals surface area contributed by atoms with E-state index in [4.69, 9.17) is 4.74 Å². The maximum atomic E-state index is 12.7. The molecule has 2 aliphatic rings. The van der Waals surface area contributed by atoms with E-state index in [1.165, 1.54) is 25.7 Å². The van der Waals surface area contributed by atoms with E-state index in [0.717, 1.165) is 45.3 Å². The highest BCUT2D eigenvalue weighted by Crippen LogP contribution is 2.29. The molecule has 0 bridgehead atoms. The zero-order chi connectivity index (χ0) is 18.9. The fraction of sp³-hybridized carbons (Fsp3) is 0.810. The molecule has 1 aromatic rings. The lowest BCUT2D eigenvalue weighted by molar-refractivity contribution is -0.127. The number of carbonyl (C=O) groups is 1. The summed E-state index contributed by atoms with van der Waals surface area (Å²) in [7, 11) is 0. The first-order valence-electron chi connectivity index (χ1n) is 10.9. The molecule has 6 heteroatoms. The lowest BCUT2D eigenvalue weighted by atomic mass is 9.82. The number of amides is 1. The first-order valence-corrected chi connectivity index (χ1v) is 10.9. The molecule has 0 aliphatic heterocycles. The van der Waals surface area contributed by atoms with Crippen molar-refractivity contribution in [2.75, 3.05) is 13.2 Å². The molecule has 152 valence electrons. The van der Waals surface area contributed by atoms with E-state index in [2.05, 4.69) is 22.7 Å². The molecule has 6 nitrogen and oxygen atoms in total. The van der Waals surface area contributed by atoms with Crippen LogP contribution in [0.1, 0.15) is 64.7 Å². The van der Waals surface area contributed by atoms with Gasteiger partial charge in [0.25, 0.3) is 0 Å². The summed E-state index contributed by atoms with van der Waals surface area (Å²) in [5, 5.41) is 11.2. The van der Waals surface area contributed by atoms with Crippen molar-refractivity contribution in [1.29, 1.82) is 0 Å². The zero-order valence-electron chi connectivity index (χ0n) is 16.7. The van der Waals surface area contributed by atoms with Crippen molar-refractivity contribution in [2.45, 2.75) is 89.4 Å². The van der Waals surface area contributed by atoms with E-state index in [-0.39, 0.29) is 17.9 Å². The van der Waals surface area contributed by atoms with Gasteiger partial charge in [-0.05, 0) is 51.0 Å². The van der Waals surface area contributed by atoms with Crippen LogP contribution in [0.25, 0.3) is 0 Å². The van der Waals surface area contributed by atoms with E-state index in [1.54, 1.807) is 6.20 Å². The molecule has 2 saturated carbocycles. The maximum Gasteiger partial charge on any atom is 0.223 e. The monoisotopic (exact) mass is 376 g/mol. The minimum absolute atomic E-state index is 0.107. The van der Waals surface area contributed by atoms with Crippen LogP contribution in [0, 0.1) is 5.92 Å². The molecule has 2 fully saturated rings. The van der Waals surface area contributed by atoms with Crippen LogP contribution in [0.2, 0.25) is 0 Å². The topological polar surface area (TPSA) is 68.2 Å². The molecule has 0 spiro atoms. The van der Waals surface area contributed by atoms with Gasteiger partial charge in [0, 0.05) is 50.1 Å². The number of hydrogen-bond donors (Lipinski definition) is 2. The van der Waals surface area contributed by atoms with E-state index < -0.39 is 0 Å². The maximum absolute atomic E-state index is 12.7. The van der Waals surface area contributed by atoms with Crippen molar-refractivity contribution in [3.8, 4) is 0 Å². The molecule has 3 atom stereocenters. The number of hydrogen-bond acceptors (Lipinski definition) is 4. The lowest BCUT2D eigenvalue weighted by Crippen LogP contribution is -2.51. The third-order valence-electron chi connectivity index (χ3n) is 5.92. The van der Waals surface area contributed by atoms with Crippen LogP contribution in [0.4, 0.5) is 0 Å². The van der Waals surface area contributed by atoms with Crippen molar-refractivity contribution >= 4 is 5.91 Å². The van der Waals surface area contributed by atoms with Gasteiger partial charge >= 0.3 is 0 Å². The Morgan fingerprint density at radius 3 is 2.85 bits per heavy atom. The van der Waals surface area contributed by atoms with Crippen molar-refractivity contribution in [3.05, 3.63) is 18.5 Å². The SMILES string of the molecule is CCCO[C@@H]1CC[C@H](C(=O)NCCCn2cccn2)C[C@H]1NC1CCCC1. The zero-order valence-corrected chi connectivity index (χ0v) is 16.7. The molecular formula is C21H36N4O2. The summed E-state index contributed by atoms with van der Waals surface area (Å²) >= 11 is 0. The number of ether oxygens (including phenoxy) is 1. The van der Waals surface area contributed by atoms with Gasteiger partial charge in [0.15, 0.2) is 0 Å². The number of carbonyl (C=O) groups excluding carboxylic acids is 1. The Labute approximate surface area is 163 Å². The second-order valence-electron chi connectivity index (χ2n) is 8.09. The highest BCUT2D eigenvalue weighted by molar-refractivity contribution is 5.78. The molecule has 1 aromatic heterocycles. The van der Waals surface area contributed by atoms with Gasteiger partial charge in [-0.25, -0.2) is 0 Å². The Morgan fingerprint density at radius 2 is 2.11 bits per heavy atom. The fourth-order valence-electron chi connectivity index (χ4n) is 4.45. The van der Waals surface area contributed by atoms with Gasteiger partial charge in [-0.1, -0.05) is 19.8 Å². The second kappa shape index (κ2) is 10.8. The summed E-state index contributed by atoms with van der Waals surface area (Å²) in [6.45, 7) is 4.53. The summed E-state index contributed by atoms with van der Waals surface area (Å²) in [6, 6.07) is 2.85. The third kappa shape index (κ3) is 6.32. The minimum atomic E-state index is 0.107. The number of aromatic nitrogens is 2. The van der Waals surface area contributed by atoms with Gasteiger partial charge in [0.1, 0.15) is 0 Å². The molecule has 2 N–H and O–H groups in total. The number of nitrogens with zero attached hydrogens (tertiary/aromatic N) is 2. The van der Waals surface area contributed by atoms with E-state index >= 15 is 0 Å². The van der Waals surface area contributed by atoms with Crippen LogP contribution >= 0.6 is 0 Å². The quantitative estimate of drug-likeness (QED) is 0.616. The van der Waals surface area contributed by atoms with E-state index in [1.807, 2.05) is 16.9 Å². The molecular weight excluding hydrogens is 340 g/mol. The largest absolute Gasteiger partial charge is 0.377 e. The predicted molar refractivity (Wildman–Crippen MR) is 106 cm³/mol. The van der Waals surface area contributed by atoms with Crippen molar-refractivity contribution < 1.29 is 9.53 Å². The molecule has 0 saturated heterocycles. The normalized spacial score (nSPS) is 26.3. The van der Waals surface area contributed by atoms with Crippen LogP contribution in [0.15, 0.2) is 18.5 Å². The van der Waals surface area contributed by atoms with Crippen LogP contribution < -0.4 is 10.6 Å². The van der Waals surface area contributed by atoms with Gasteiger partial charge in [-0.2, -0.15) is 5.10 Å². The highest BCUT2D eigenvalue weighted by Gasteiger charge is 2.35. The van der Waals surface area contributed by atoms with Crippen LogP contribution in [0.3, 0.4) is 0 Å². The number of aryl methyl sites for hydroxylation is 1. The Kier molecular flexibility index (Phi) is 8.14. The molecule has 27 heavy (non-hydrogen) atoms. The molecule has 0 unspecified atom stereocenters. The summed E-state index contributed by atoms with van der Waals surface area (Å²) < 4.78 is 8.03. The number of rotatable bonds is 10. The van der Waals surface area contributed by atoms with Gasteiger partial charge in [-0.15, -0.1) is 0 Å². The molecule has 1 amide bonds. The van der Waals surface area contributed by atoms with Gasteiger partial charge < -0.3 is 15.4 Å². The Morgan fingerprint density at radius 1 is 1.26 bits per heavy atom. The minimum Gasteiger partial charge on any atom is -0.377 e. The summed E-state index contributed by atoms with van der Waals surface area (Å²) in [4.78, 5) is 12.7. The summed E-state index contributed by atoms with van der Waals surface area (Å²) in [6.07, 6.45) is 14.0. The average Bonchev–Trinajstić information content (AvgIpc) is 3.38. The van der Waals surface area contributed by atoms with Crippen LogP contribution in [0.5, 0.6) is 0 Å². The fourth-order valence-corrected chi connectivity index (χ4v) is 4.45. The van der Waals surface area contributed by atoms with Gasteiger partial charge in [-0.3, -0.25) is 9.48 Å². The summed E-state index contributed by atoms with van der Waals surface area (Å²) in [5.41, 5.74) is 0. The van der Waals surface area contributed by atoms with E-state index in [9.17, 15) is 4.79 Å². The smallest absolute Gasteiger partial charge is 0.223 e. The second-order valence-corrected chi connectivity index (χ2v) is 8.09. The van der Waals surface area contributed by atoms with Crippen molar-refractivity contribution in [1.82, 2.24) is 20.4 Å². The first kappa shape index (κ1) is 20.3. The Bertz CT molecular complexity index is 542. The van der Waals surface area contributed by atoms with Gasteiger partial charge in [0.2, 0.25) is 5.91 Å². The Balaban J connectivity index is 1.44.